The van der Waals surface area contributed by atoms with Crippen molar-refractivity contribution >= 4 is 42.3 Å². The molecule has 1 aromatic rings. The molecule has 0 aromatic carbocycles. The van der Waals surface area contributed by atoms with Crippen molar-refractivity contribution in [2.75, 3.05) is 36.1 Å². The molecule has 2 rings (SSSR count). The monoisotopic (exact) mass is 297 g/mol. The van der Waals surface area contributed by atoms with E-state index in [0.29, 0.717) is 31.3 Å². The van der Waals surface area contributed by atoms with E-state index in [0.717, 1.165) is 0 Å². The maximum absolute atomic E-state index is 11.6. The van der Waals surface area contributed by atoms with Crippen LogP contribution >= 0.6 is 24.8 Å². The molecule has 0 radical (unpaired) electrons. The molecule has 0 fully saturated rings. The molecule has 18 heavy (non-hydrogen) atoms. The summed E-state index contributed by atoms with van der Waals surface area (Å²) in [7, 11) is 0. The highest BCUT2D eigenvalue weighted by Crippen LogP contribution is 2.19. The summed E-state index contributed by atoms with van der Waals surface area (Å²) in [6.07, 6.45) is 0. The van der Waals surface area contributed by atoms with Gasteiger partial charge in [-0.15, -0.1) is 24.8 Å². The van der Waals surface area contributed by atoms with Gasteiger partial charge in [0, 0.05) is 13.2 Å². The van der Waals surface area contributed by atoms with E-state index in [4.69, 9.17) is 10.5 Å². The number of nitrogens with zero attached hydrogens (tertiary/aromatic N) is 1. The Morgan fingerprint density at radius 1 is 1.50 bits per heavy atom. The maximum atomic E-state index is 11.6. The average molecular weight is 298 g/mol. The third-order valence-corrected chi connectivity index (χ3v) is 2.33. The molecule has 0 saturated carbocycles. The molecule has 1 atom stereocenters. The van der Waals surface area contributed by atoms with Gasteiger partial charge < -0.3 is 21.1 Å². The van der Waals surface area contributed by atoms with Crippen molar-refractivity contribution in [2.45, 2.75) is 13.0 Å². The highest BCUT2D eigenvalue weighted by Gasteiger charge is 2.21. The SMILES string of the molecule is CCOCC1CNc2nc(N)[nH]c(=O)c2N1.Cl.Cl. The van der Waals surface area contributed by atoms with Crippen LogP contribution in [0, 0.1) is 0 Å². The fraction of sp³-hybridized carbons (Fsp3) is 0.556. The summed E-state index contributed by atoms with van der Waals surface area (Å²) in [6, 6.07) is 0.0685. The number of halogens is 2. The quantitative estimate of drug-likeness (QED) is 0.645. The van der Waals surface area contributed by atoms with Crippen LogP contribution < -0.4 is 21.9 Å². The van der Waals surface area contributed by atoms with Gasteiger partial charge in [-0.2, -0.15) is 4.98 Å². The van der Waals surface area contributed by atoms with Crippen molar-refractivity contribution < 1.29 is 4.74 Å². The van der Waals surface area contributed by atoms with E-state index in [2.05, 4.69) is 20.6 Å². The van der Waals surface area contributed by atoms with Gasteiger partial charge in [0.1, 0.15) is 5.69 Å². The predicted molar refractivity (Wildman–Crippen MR) is 76.2 cm³/mol. The van der Waals surface area contributed by atoms with E-state index in [1.807, 2.05) is 6.92 Å². The first-order chi connectivity index (χ1) is 7.70. The lowest BCUT2D eigenvalue weighted by atomic mass is 10.2. The minimum absolute atomic E-state index is 0. The van der Waals surface area contributed by atoms with Crippen LogP contribution in [0.25, 0.3) is 0 Å². The number of H-pyrrole nitrogens is 1. The third kappa shape index (κ3) is 3.66. The standard InChI is InChI=1S/C9H15N5O2.2ClH/c1-2-16-4-5-3-11-7-6(12-5)8(15)14-9(10)13-7;;/h5,12H,2-4H2,1H3,(H4,10,11,13,14,15);2*1H. The molecule has 7 nitrogen and oxygen atoms in total. The Hall–Kier alpha value is -1.18. The van der Waals surface area contributed by atoms with Crippen LogP contribution in [0.15, 0.2) is 4.79 Å². The number of rotatable bonds is 3. The molecule has 2 heterocycles. The second-order valence-corrected chi connectivity index (χ2v) is 3.56. The number of hydrogen-bond acceptors (Lipinski definition) is 6. The van der Waals surface area contributed by atoms with Crippen molar-refractivity contribution in [3.8, 4) is 0 Å². The number of fused-ring (bicyclic) bond motifs is 1. The zero-order valence-electron chi connectivity index (χ0n) is 9.86. The Bertz CT molecular complexity index is 439. The molecule has 1 aliphatic rings. The van der Waals surface area contributed by atoms with Crippen molar-refractivity contribution in [1.82, 2.24) is 9.97 Å². The van der Waals surface area contributed by atoms with Crippen LogP contribution in [0.2, 0.25) is 0 Å². The van der Waals surface area contributed by atoms with Gasteiger partial charge in [0.25, 0.3) is 5.56 Å². The largest absolute Gasteiger partial charge is 0.380 e. The molecule has 1 aromatic heterocycles. The smallest absolute Gasteiger partial charge is 0.277 e. The summed E-state index contributed by atoms with van der Waals surface area (Å²) in [6.45, 7) is 3.79. The van der Waals surface area contributed by atoms with Crippen molar-refractivity contribution in [3.63, 3.8) is 0 Å². The Morgan fingerprint density at radius 2 is 2.22 bits per heavy atom. The Kier molecular flexibility index (Phi) is 6.82. The van der Waals surface area contributed by atoms with E-state index < -0.39 is 0 Å². The first-order valence-corrected chi connectivity index (χ1v) is 5.18. The number of hydrogen-bond donors (Lipinski definition) is 4. The minimum Gasteiger partial charge on any atom is -0.380 e. The molecule has 0 amide bonds. The molecule has 0 bridgehead atoms. The fourth-order valence-electron chi connectivity index (χ4n) is 1.59. The Labute approximate surface area is 117 Å². The van der Waals surface area contributed by atoms with E-state index >= 15 is 0 Å². The van der Waals surface area contributed by atoms with E-state index in [1.165, 1.54) is 0 Å². The number of aromatic nitrogens is 2. The molecule has 0 saturated heterocycles. The van der Waals surface area contributed by atoms with Crippen LogP contribution in [0.3, 0.4) is 0 Å². The summed E-state index contributed by atoms with van der Waals surface area (Å²) in [5.41, 5.74) is 5.59. The van der Waals surface area contributed by atoms with Gasteiger partial charge in [0.2, 0.25) is 5.95 Å². The normalized spacial score (nSPS) is 16.4. The number of aromatic amines is 1. The Balaban J connectivity index is 0.00000144. The number of ether oxygens (including phenoxy) is 1. The van der Waals surface area contributed by atoms with Gasteiger partial charge in [-0.25, -0.2) is 0 Å². The van der Waals surface area contributed by atoms with Crippen molar-refractivity contribution in [3.05, 3.63) is 10.4 Å². The third-order valence-electron chi connectivity index (χ3n) is 2.33. The van der Waals surface area contributed by atoms with Crippen molar-refractivity contribution in [2.24, 2.45) is 0 Å². The van der Waals surface area contributed by atoms with E-state index in [9.17, 15) is 4.79 Å². The van der Waals surface area contributed by atoms with E-state index in [1.54, 1.807) is 0 Å². The number of nitrogens with one attached hydrogen (secondary N) is 3. The lowest BCUT2D eigenvalue weighted by molar-refractivity contribution is 0.139. The second-order valence-electron chi connectivity index (χ2n) is 3.56. The molecule has 0 aliphatic carbocycles. The Morgan fingerprint density at radius 3 is 2.89 bits per heavy atom. The van der Waals surface area contributed by atoms with Gasteiger partial charge in [-0.05, 0) is 6.92 Å². The summed E-state index contributed by atoms with van der Waals surface area (Å²) in [4.78, 5) is 18.0. The second kappa shape index (κ2) is 7.30. The lowest BCUT2D eigenvalue weighted by Crippen LogP contribution is -2.40. The molecule has 104 valence electrons. The molecule has 5 N–H and O–H groups in total. The van der Waals surface area contributed by atoms with Crippen LogP contribution in [-0.4, -0.2) is 35.8 Å². The van der Waals surface area contributed by atoms with Gasteiger partial charge in [-0.1, -0.05) is 0 Å². The average Bonchev–Trinajstić information content (AvgIpc) is 2.26. The number of nitrogen functional groups attached to an aromatic ring is 1. The summed E-state index contributed by atoms with van der Waals surface area (Å²) in [5, 5.41) is 6.13. The topological polar surface area (TPSA) is 105 Å². The first kappa shape index (κ1) is 16.8. The molecule has 0 spiro atoms. The predicted octanol–water partition coefficient (Wildman–Crippen LogP) is 0.438. The zero-order valence-corrected chi connectivity index (χ0v) is 11.5. The lowest BCUT2D eigenvalue weighted by Gasteiger charge is -2.26. The van der Waals surface area contributed by atoms with Crippen LogP contribution in [-0.2, 0) is 4.74 Å². The summed E-state index contributed by atoms with van der Waals surface area (Å²) >= 11 is 0. The number of anilines is 3. The van der Waals surface area contributed by atoms with Gasteiger partial charge in [0.15, 0.2) is 5.82 Å². The summed E-state index contributed by atoms with van der Waals surface area (Å²) in [5.74, 6) is 0.607. The van der Waals surface area contributed by atoms with Crippen LogP contribution in [0.5, 0.6) is 0 Å². The van der Waals surface area contributed by atoms with Crippen LogP contribution in [0.4, 0.5) is 17.5 Å². The molecule has 1 unspecified atom stereocenters. The molecular weight excluding hydrogens is 281 g/mol. The zero-order chi connectivity index (χ0) is 11.5. The molecule has 1 aliphatic heterocycles. The summed E-state index contributed by atoms with van der Waals surface area (Å²) < 4.78 is 5.29. The molecule has 9 heteroatoms. The van der Waals surface area contributed by atoms with Gasteiger partial charge in [0.05, 0.1) is 12.6 Å². The minimum atomic E-state index is -0.267. The van der Waals surface area contributed by atoms with Crippen molar-refractivity contribution in [1.29, 1.82) is 0 Å². The highest BCUT2D eigenvalue weighted by atomic mass is 35.5. The first-order valence-electron chi connectivity index (χ1n) is 5.18. The fourth-order valence-corrected chi connectivity index (χ4v) is 1.59. The number of nitrogens with two attached hydrogens (primary N) is 1. The maximum Gasteiger partial charge on any atom is 0.277 e. The van der Waals surface area contributed by atoms with Crippen LogP contribution in [0.1, 0.15) is 6.92 Å². The van der Waals surface area contributed by atoms with Gasteiger partial charge >= 0.3 is 0 Å². The van der Waals surface area contributed by atoms with E-state index in [-0.39, 0.29) is 42.4 Å². The highest BCUT2D eigenvalue weighted by molar-refractivity contribution is 5.85. The van der Waals surface area contributed by atoms with Gasteiger partial charge in [-0.3, -0.25) is 9.78 Å². The molecular formula is C9H17Cl2N5O2.